The summed E-state index contributed by atoms with van der Waals surface area (Å²) in [6, 6.07) is 14.4. The molecule has 0 saturated carbocycles. The van der Waals surface area contributed by atoms with Crippen LogP contribution in [0.1, 0.15) is 28.4 Å². The van der Waals surface area contributed by atoms with E-state index in [0.717, 1.165) is 11.1 Å². The number of nitrogens with zero attached hydrogens (tertiary/aromatic N) is 1. The average Bonchev–Trinajstić information content (AvgIpc) is 2.56. The van der Waals surface area contributed by atoms with Crippen molar-refractivity contribution in [2.75, 3.05) is 19.4 Å². The lowest BCUT2D eigenvalue weighted by Gasteiger charge is -2.24. The molecule has 2 aromatic carbocycles. The third-order valence-electron chi connectivity index (χ3n) is 3.98. The molecular weight excluding hydrogens is 338 g/mol. The van der Waals surface area contributed by atoms with Gasteiger partial charge in [-0.2, -0.15) is 0 Å². The van der Waals surface area contributed by atoms with E-state index in [2.05, 4.69) is 5.32 Å². The minimum Gasteiger partial charge on any atom is -0.345 e. The second-order valence-corrected chi connectivity index (χ2v) is 6.25. The third kappa shape index (κ3) is 4.59. The van der Waals surface area contributed by atoms with Crippen LogP contribution < -0.4 is 11.1 Å². The number of hydrogen-bond acceptors (Lipinski definition) is 3. The van der Waals surface area contributed by atoms with Crippen LogP contribution in [0.2, 0.25) is 0 Å². The summed E-state index contributed by atoms with van der Waals surface area (Å²) in [5.74, 6) is -0.442. The Morgan fingerprint density at radius 3 is 2.24 bits per heavy atom. The lowest BCUT2D eigenvalue weighted by atomic mass is 9.92. The van der Waals surface area contributed by atoms with Crippen molar-refractivity contribution in [3.05, 3.63) is 65.2 Å². The molecule has 6 heteroatoms. The molecule has 25 heavy (non-hydrogen) atoms. The Balaban J connectivity index is 0.00000312. The number of carbonyl (C=O) groups excluding carboxylic acids is 2. The van der Waals surface area contributed by atoms with Gasteiger partial charge in [0.05, 0.1) is 0 Å². The Morgan fingerprint density at radius 2 is 1.68 bits per heavy atom. The Morgan fingerprint density at radius 1 is 1.08 bits per heavy atom. The lowest BCUT2D eigenvalue weighted by Crippen LogP contribution is -2.45. The lowest BCUT2D eigenvalue weighted by molar-refractivity contribution is -0.120. The molecule has 2 rings (SSSR count). The molecule has 3 N–H and O–H groups in total. The summed E-state index contributed by atoms with van der Waals surface area (Å²) in [6.45, 7) is 3.52. The van der Waals surface area contributed by atoms with Crippen molar-refractivity contribution in [1.82, 2.24) is 4.90 Å². The van der Waals surface area contributed by atoms with Gasteiger partial charge in [0.15, 0.2) is 0 Å². The maximum Gasteiger partial charge on any atom is 0.253 e. The van der Waals surface area contributed by atoms with Crippen molar-refractivity contribution in [3.8, 4) is 0 Å². The van der Waals surface area contributed by atoms with Crippen molar-refractivity contribution >= 4 is 29.9 Å². The molecule has 0 heterocycles. The molecule has 134 valence electrons. The molecule has 1 atom stereocenters. The summed E-state index contributed by atoms with van der Waals surface area (Å²) in [5.41, 5.74) is 7.72. The summed E-state index contributed by atoms with van der Waals surface area (Å²) in [7, 11) is 3.39. The number of nitrogens with two attached hydrogens (primary N) is 1. The predicted molar refractivity (Wildman–Crippen MR) is 103 cm³/mol. The van der Waals surface area contributed by atoms with Crippen LogP contribution in [0.3, 0.4) is 0 Å². The number of hydrogen-bond donors (Lipinski definition) is 2. The highest BCUT2D eigenvalue weighted by atomic mass is 35.5. The normalized spacial score (nSPS) is 12.5. The highest BCUT2D eigenvalue weighted by Gasteiger charge is 2.30. The number of benzene rings is 2. The van der Waals surface area contributed by atoms with Crippen LogP contribution >= 0.6 is 12.4 Å². The van der Waals surface area contributed by atoms with Crippen molar-refractivity contribution < 1.29 is 9.59 Å². The van der Waals surface area contributed by atoms with Crippen molar-refractivity contribution in [3.63, 3.8) is 0 Å². The largest absolute Gasteiger partial charge is 0.345 e. The number of anilines is 1. The predicted octanol–water partition coefficient (Wildman–Crippen LogP) is 2.93. The summed E-state index contributed by atoms with van der Waals surface area (Å²) in [6.07, 6.45) is 0. The van der Waals surface area contributed by atoms with Gasteiger partial charge in [-0.3, -0.25) is 9.59 Å². The first-order chi connectivity index (χ1) is 11.2. The van der Waals surface area contributed by atoms with Crippen LogP contribution in [-0.4, -0.2) is 30.8 Å². The van der Waals surface area contributed by atoms with Gasteiger partial charge in [0.1, 0.15) is 5.54 Å². The number of rotatable bonds is 4. The molecule has 1 unspecified atom stereocenters. The van der Waals surface area contributed by atoms with Crippen LogP contribution in [0.25, 0.3) is 0 Å². The Labute approximate surface area is 154 Å². The van der Waals surface area contributed by atoms with Crippen LogP contribution in [0.15, 0.2) is 48.5 Å². The monoisotopic (exact) mass is 361 g/mol. The molecule has 5 nitrogen and oxygen atoms in total. The topological polar surface area (TPSA) is 75.4 Å². The van der Waals surface area contributed by atoms with Gasteiger partial charge in [0.2, 0.25) is 5.91 Å². The highest BCUT2D eigenvalue weighted by Crippen LogP contribution is 2.22. The molecule has 0 aromatic heterocycles. The first-order valence-corrected chi connectivity index (χ1v) is 7.71. The zero-order valence-corrected chi connectivity index (χ0v) is 15.7. The quantitative estimate of drug-likeness (QED) is 0.879. The fraction of sp³-hybridized carbons (Fsp3) is 0.263. The van der Waals surface area contributed by atoms with Crippen molar-refractivity contribution in [1.29, 1.82) is 0 Å². The van der Waals surface area contributed by atoms with E-state index < -0.39 is 5.54 Å². The van der Waals surface area contributed by atoms with Crippen LogP contribution in [0, 0.1) is 6.92 Å². The molecule has 2 aromatic rings. The fourth-order valence-corrected chi connectivity index (χ4v) is 2.35. The summed E-state index contributed by atoms with van der Waals surface area (Å²) in [5, 5.41) is 2.81. The van der Waals surface area contributed by atoms with Gasteiger partial charge >= 0.3 is 0 Å². The van der Waals surface area contributed by atoms with Gasteiger partial charge in [-0.15, -0.1) is 12.4 Å². The Kier molecular flexibility index (Phi) is 6.73. The summed E-state index contributed by atoms with van der Waals surface area (Å²) >= 11 is 0. The molecule has 0 fully saturated rings. The van der Waals surface area contributed by atoms with Gasteiger partial charge in [0, 0.05) is 25.3 Å². The van der Waals surface area contributed by atoms with E-state index in [4.69, 9.17) is 5.73 Å². The van der Waals surface area contributed by atoms with Gasteiger partial charge < -0.3 is 16.0 Å². The minimum atomic E-state index is -1.17. The SMILES string of the molecule is Cc1ccc(NC(=O)C(C)(N)c2ccccc2)cc1C(=O)N(C)C.Cl. The standard InChI is InChI=1S/C19H23N3O2.ClH/c1-13-10-11-15(12-16(13)17(23)22(3)4)21-18(24)19(2,20)14-8-6-5-7-9-14;/h5-12H,20H2,1-4H3,(H,21,24);1H. The van der Waals surface area contributed by atoms with E-state index in [1.165, 1.54) is 4.90 Å². The fourth-order valence-electron chi connectivity index (χ4n) is 2.35. The van der Waals surface area contributed by atoms with E-state index in [1.807, 2.05) is 43.3 Å². The first-order valence-electron chi connectivity index (χ1n) is 7.71. The maximum atomic E-state index is 12.6. The average molecular weight is 362 g/mol. The smallest absolute Gasteiger partial charge is 0.253 e. The van der Waals surface area contributed by atoms with Crippen LogP contribution in [0.5, 0.6) is 0 Å². The van der Waals surface area contributed by atoms with E-state index in [-0.39, 0.29) is 24.2 Å². The molecular formula is C19H24ClN3O2. The van der Waals surface area contributed by atoms with Gasteiger partial charge in [-0.05, 0) is 37.1 Å². The molecule has 0 aliphatic carbocycles. The Bertz CT molecular complexity index is 759. The Hall–Kier alpha value is -2.37. The molecule has 0 bridgehead atoms. The van der Waals surface area contributed by atoms with E-state index in [0.29, 0.717) is 11.3 Å². The molecule has 0 aliphatic rings. The first kappa shape index (κ1) is 20.7. The van der Waals surface area contributed by atoms with Crippen LogP contribution in [0.4, 0.5) is 5.69 Å². The zero-order valence-electron chi connectivity index (χ0n) is 14.9. The van der Waals surface area contributed by atoms with Gasteiger partial charge in [-0.1, -0.05) is 36.4 Å². The highest BCUT2D eigenvalue weighted by molar-refractivity contribution is 6.01. The maximum absolute atomic E-state index is 12.6. The molecule has 2 amide bonds. The van der Waals surface area contributed by atoms with E-state index >= 15 is 0 Å². The van der Waals surface area contributed by atoms with E-state index in [9.17, 15) is 9.59 Å². The summed E-state index contributed by atoms with van der Waals surface area (Å²) < 4.78 is 0. The second-order valence-electron chi connectivity index (χ2n) is 6.25. The number of nitrogens with one attached hydrogen (secondary N) is 1. The van der Waals surface area contributed by atoms with Gasteiger partial charge in [-0.25, -0.2) is 0 Å². The van der Waals surface area contributed by atoms with Crippen molar-refractivity contribution in [2.24, 2.45) is 5.73 Å². The second kappa shape index (κ2) is 8.14. The van der Waals surface area contributed by atoms with Crippen molar-refractivity contribution in [2.45, 2.75) is 19.4 Å². The van der Waals surface area contributed by atoms with Crippen LogP contribution in [-0.2, 0) is 10.3 Å². The molecule has 0 radical (unpaired) electrons. The summed E-state index contributed by atoms with van der Waals surface area (Å²) in [4.78, 5) is 26.3. The number of halogens is 1. The number of aryl methyl sites for hydroxylation is 1. The third-order valence-corrected chi connectivity index (χ3v) is 3.98. The van der Waals surface area contributed by atoms with E-state index in [1.54, 1.807) is 33.2 Å². The number of amides is 2. The molecule has 0 saturated heterocycles. The zero-order chi connectivity index (χ0) is 17.9. The number of carbonyl (C=O) groups is 2. The minimum absolute atomic E-state index is 0. The molecule has 0 spiro atoms. The van der Waals surface area contributed by atoms with Gasteiger partial charge in [0.25, 0.3) is 5.91 Å². The molecule has 0 aliphatic heterocycles.